The minimum atomic E-state index is -0.577. The molecule has 10 nitrogen and oxygen atoms in total. The van der Waals surface area contributed by atoms with Crippen LogP contribution in [0.1, 0.15) is 81.2 Å². The van der Waals surface area contributed by atoms with Crippen LogP contribution in [0.25, 0.3) is 11.0 Å². The number of likely N-dealkylation sites (tertiary alicyclic amines) is 1. The highest BCUT2D eigenvalue weighted by Crippen LogP contribution is 2.42. The molecule has 4 fully saturated rings. The van der Waals surface area contributed by atoms with Crippen LogP contribution in [0.4, 0.5) is 10.1 Å². The zero-order valence-corrected chi connectivity index (χ0v) is 27.7. The number of carbonyl (C=O) groups excluding carboxylic acids is 3. The summed E-state index contributed by atoms with van der Waals surface area (Å²) in [5.41, 5.74) is 7.07. The van der Waals surface area contributed by atoms with E-state index in [0.29, 0.717) is 54.5 Å². The average molecular weight is 656 g/mol. The molecule has 11 heteroatoms. The van der Waals surface area contributed by atoms with Crippen molar-refractivity contribution in [3.8, 4) is 0 Å². The van der Waals surface area contributed by atoms with Crippen LogP contribution in [0.15, 0.2) is 28.7 Å². The fourth-order valence-corrected chi connectivity index (χ4v) is 8.51. The average Bonchev–Trinajstić information content (AvgIpc) is 3.72. The van der Waals surface area contributed by atoms with Crippen LogP contribution in [0.2, 0.25) is 0 Å². The van der Waals surface area contributed by atoms with Gasteiger partial charge in [0.05, 0.1) is 18.8 Å². The first kappa shape index (κ1) is 33.9. The molecule has 0 bridgehead atoms. The molecule has 3 atom stereocenters. The molecule has 1 saturated heterocycles. The number of fused-ring (bicyclic) bond motifs is 1. The number of hydrogen-bond donors (Lipinski definition) is 2. The van der Waals surface area contributed by atoms with Gasteiger partial charge in [0.15, 0.2) is 0 Å². The smallest absolute Gasteiger partial charge is 0.374 e. The Hall–Kier alpha value is -3.02. The van der Waals surface area contributed by atoms with Gasteiger partial charge in [-0.2, -0.15) is 0 Å². The van der Waals surface area contributed by atoms with E-state index in [1.165, 1.54) is 0 Å². The summed E-state index contributed by atoms with van der Waals surface area (Å²) in [6.07, 6.45) is 9.66. The molecule has 0 radical (unpaired) electrons. The third-order valence-electron chi connectivity index (χ3n) is 11.5. The van der Waals surface area contributed by atoms with Crippen LogP contribution in [-0.2, 0) is 23.8 Å². The minimum absolute atomic E-state index is 0.0265. The zero-order valence-electron chi connectivity index (χ0n) is 27.7. The molecule has 2 heterocycles. The molecular formula is C36H50FN3O7. The topological polar surface area (TPSA) is 133 Å². The van der Waals surface area contributed by atoms with E-state index in [4.69, 9.17) is 24.4 Å². The Morgan fingerprint density at radius 2 is 1.70 bits per heavy atom. The Kier molecular flexibility index (Phi) is 10.8. The fraction of sp³-hybridized carbons (Fsp3) is 0.694. The highest BCUT2D eigenvalue weighted by atomic mass is 19.1. The van der Waals surface area contributed by atoms with Gasteiger partial charge in [-0.25, -0.2) is 9.18 Å². The summed E-state index contributed by atoms with van der Waals surface area (Å²) in [6, 6.07) is 5.87. The zero-order chi connectivity index (χ0) is 33.1. The number of amides is 2. The predicted octanol–water partition coefficient (Wildman–Crippen LogP) is 5.48. The lowest BCUT2D eigenvalue weighted by Crippen LogP contribution is -2.50. The van der Waals surface area contributed by atoms with Crippen molar-refractivity contribution in [1.29, 1.82) is 0 Å². The molecular weight excluding hydrogens is 605 g/mol. The van der Waals surface area contributed by atoms with Gasteiger partial charge in [0.25, 0.3) is 0 Å². The summed E-state index contributed by atoms with van der Waals surface area (Å²) < 4.78 is 35.3. The van der Waals surface area contributed by atoms with Crippen molar-refractivity contribution in [2.24, 2.45) is 35.3 Å². The second-order valence-electron chi connectivity index (χ2n) is 14.3. The van der Waals surface area contributed by atoms with Crippen molar-refractivity contribution in [3.63, 3.8) is 0 Å². The Morgan fingerprint density at radius 1 is 0.979 bits per heavy atom. The number of hydrogen-bond acceptors (Lipinski definition) is 8. The van der Waals surface area contributed by atoms with Gasteiger partial charge in [-0.15, -0.1) is 0 Å². The van der Waals surface area contributed by atoms with Crippen molar-refractivity contribution in [3.05, 3.63) is 30.0 Å². The number of anilines is 1. The van der Waals surface area contributed by atoms with Gasteiger partial charge in [0, 0.05) is 43.8 Å². The highest BCUT2D eigenvalue weighted by molar-refractivity contribution is 6.00. The van der Waals surface area contributed by atoms with Gasteiger partial charge in [-0.3, -0.25) is 9.59 Å². The Labute approximate surface area is 276 Å². The summed E-state index contributed by atoms with van der Waals surface area (Å²) in [5.74, 6) is 0.0384. The van der Waals surface area contributed by atoms with Crippen LogP contribution in [0, 0.1) is 29.6 Å². The number of nitrogens with one attached hydrogen (secondary N) is 1. The number of nitrogens with two attached hydrogens (primary N) is 1. The Bertz CT molecular complexity index is 1390. The molecule has 2 amide bonds. The molecule has 47 heavy (non-hydrogen) atoms. The normalized spacial score (nSPS) is 31.7. The van der Waals surface area contributed by atoms with Gasteiger partial charge in [0.2, 0.25) is 17.6 Å². The van der Waals surface area contributed by atoms with E-state index in [1.807, 2.05) is 4.90 Å². The Morgan fingerprint density at radius 3 is 2.38 bits per heavy atom. The Balaban J connectivity index is 1.14. The summed E-state index contributed by atoms with van der Waals surface area (Å²) in [5, 5.41) is 3.78. The second kappa shape index (κ2) is 15.0. The first-order chi connectivity index (χ1) is 22.8. The van der Waals surface area contributed by atoms with Crippen molar-refractivity contribution in [2.75, 3.05) is 39.4 Å². The summed E-state index contributed by atoms with van der Waals surface area (Å²) >= 11 is 0. The van der Waals surface area contributed by atoms with Crippen LogP contribution >= 0.6 is 0 Å². The number of nitrogens with zero attached hydrogens (tertiary/aromatic N) is 1. The molecule has 4 aliphatic rings. The predicted molar refractivity (Wildman–Crippen MR) is 174 cm³/mol. The molecule has 1 aromatic heterocycles. The number of halogens is 1. The molecule has 3 aliphatic carbocycles. The van der Waals surface area contributed by atoms with E-state index in [0.717, 1.165) is 57.8 Å². The SMILES string of the molecule is COC1CCC(C2CCN(C(=O)[C@H]3CC[C@H]([C@H](N)CF)CC3)[C@@H]2C(=O)Nc2ccc3oc(C(=O)OCC4CC(OC)C4)cc3c2)CC1. The molecule has 258 valence electrons. The number of ether oxygens (including phenoxy) is 3. The lowest BCUT2D eigenvalue weighted by atomic mass is 9.75. The molecule has 2 aromatic rings. The maximum Gasteiger partial charge on any atom is 0.374 e. The van der Waals surface area contributed by atoms with E-state index in [-0.39, 0.29) is 47.5 Å². The second-order valence-corrected chi connectivity index (χ2v) is 14.3. The number of benzene rings is 1. The fourth-order valence-electron chi connectivity index (χ4n) is 8.51. The van der Waals surface area contributed by atoms with Crippen LogP contribution < -0.4 is 11.1 Å². The van der Waals surface area contributed by atoms with E-state index >= 15 is 0 Å². The number of methoxy groups -OCH3 is 2. The van der Waals surface area contributed by atoms with Gasteiger partial charge in [0.1, 0.15) is 18.3 Å². The van der Waals surface area contributed by atoms with Crippen molar-refractivity contribution in [2.45, 2.75) is 94.9 Å². The maximum absolute atomic E-state index is 14.1. The van der Waals surface area contributed by atoms with Crippen molar-refractivity contribution < 1.29 is 37.4 Å². The van der Waals surface area contributed by atoms with Gasteiger partial charge in [-0.1, -0.05) is 0 Å². The lowest BCUT2D eigenvalue weighted by molar-refractivity contribution is -0.142. The van der Waals surface area contributed by atoms with Crippen LogP contribution in [0.5, 0.6) is 0 Å². The van der Waals surface area contributed by atoms with Gasteiger partial charge in [-0.05, 0) is 119 Å². The first-order valence-corrected chi connectivity index (χ1v) is 17.5. The van der Waals surface area contributed by atoms with Gasteiger partial charge >= 0.3 is 5.97 Å². The standard InChI is InChI=1S/C36H50FN3O7/c1-44-27-10-7-22(8-11-27)29-13-14-40(35(42)24-5-3-23(4-6-24)30(38)19-37)33(29)34(41)39-26-9-12-31-25(17-26)18-32(47-31)36(43)46-20-21-15-28(16-21)45-2/h9,12,17-18,21-24,27-30,33H,3-8,10-11,13-16,19-20,38H2,1-2H3,(H,39,41)/t21?,22?,23-,24-,27?,28?,29?,30-,33+/m1/s1. The molecule has 1 aliphatic heterocycles. The number of carbonyl (C=O) groups is 3. The number of rotatable bonds is 11. The van der Waals surface area contributed by atoms with E-state index < -0.39 is 24.7 Å². The van der Waals surface area contributed by atoms with Crippen molar-refractivity contribution >= 4 is 34.4 Å². The minimum Gasteiger partial charge on any atom is -0.460 e. The molecule has 3 saturated carbocycles. The third-order valence-corrected chi connectivity index (χ3v) is 11.5. The summed E-state index contributed by atoms with van der Waals surface area (Å²) in [7, 11) is 3.44. The summed E-state index contributed by atoms with van der Waals surface area (Å²) in [4.78, 5) is 42.6. The lowest BCUT2D eigenvalue weighted by Gasteiger charge is -2.37. The largest absolute Gasteiger partial charge is 0.460 e. The molecule has 1 unspecified atom stereocenters. The monoisotopic (exact) mass is 655 g/mol. The number of furan rings is 1. The summed E-state index contributed by atoms with van der Waals surface area (Å²) in [6.45, 7) is 0.334. The number of esters is 1. The van der Waals surface area contributed by atoms with Crippen LogP contribution in [0.3, 0.4) is 0 Å². The van der Waals surface area contributed by atoms with Crippen LogP contribution in [-0.4, -0.2) is 81.0 Å². The molecule has 1 aromatic carbocycles. The number of alkyl halides is 1. The van der Waals surface area contributed by atoms with E-state index in [2.05, 4.69) is 5.32 Å². The van der Waals surface area contributed by atoms with E-state index in [1.54, 1.807) is 38.5 Å². The third kappa shape index (κ3) is 7.52. The van der Waals surface area contributed by atoms with E-state index in [9.17, 15) is 18.8 Å². The highest BCUT2D eigenvalue weighted by Gasteiger charge is 2.47. The maximum atomic E-state index is 14.1. The quantitative estimate of drug-likeness (QED) is 0.304. The molecule has 0 spiro atoms. The molecule has 3 N–H and O–H groups in total. The molecule has 6 rings (SSSR count). The first-order valence-electron chi connectivity index (χ1n) is 17.5. The van der Waals surface area contributed by atoms with Crippen molar-refractivity contribution in [1.82, 2.24) is 4.90 Å². The van der Waals surface area contributed by atoms with Gasteiger partial charge < -0.3 is 34.6 Å².